The maximum Gasteiger partial charge on any atom is 0.0665 e. The molecule has 0 bridgehead atoms. The maximum atomic E-state index is 12.5. The van der Waals surface area contributed by atoms with E-state index < -0.39 is 22.0 Å². The van der Waals surface area contributed by atoms with Crippen LogP contribution in [0.2, 0.25) is 0 Å². The molecule has 0 aromatic carbocycles. The minimum atomic E-state index is -3.54. The van der Waals surface area contributed by atoms with Crippen molar-refractivity contribution < 1.29 is 7.77 Å². The molecule has 0 aliphatic heterocycles. The second kappa shape index (κ2) is 3.20. The van der Waals surface area contributed by atoms with E-state index in [-0.39, 0.29) is 0 Å². The molecule has 2 unspecified atom stereocenters. The van der Waals surface area contributed by atoms with Gasteiger partial charge in [0.15, 0.2) is 0 Å². The highest BCUT2D eigenvalue weighted by Gasteiger charge is 2.29. The van der Waals surface area contributed by atoms with Crippen LogP contribution < -0.4 is 0 Å². The van der Waals surface area contributed by atoms with Crippen LogP contribution in [-0.4, -0.2) is 11.5 Å². The Morgan fingerprint density at radius 2 is 1.80 bits per heavy atom. The summed E-state index contributed by atoms with van der Waals surface area (Å²) in [5.74, 6) is -0.546. The molecule has 10 heavy (non-hydrogen) atoms. The molecule has 0 rings (SSSR count). The number of halogens is 2. The normalized spacial score (nSPS) is 19.2. The van der Waals surface area contributed by atoms with E-state index in [0.29, 0.717) is 0 Å². The number of hydrogen-bond acceptors (Lipinski definition) is 1. The van der Waals surface area contributed by atoms with Crippen LogP contribution in [0, 0.1) is 17.2 Å². The monoisotopic (exact) mass is 167 g/mol. The van der Waals surface area contributed by atoms with Crippen molar-refractivity contribution in [2.45, 2.75) is 19.1 Å². The largest absolute Gasteiger partial charge is 0.198 e. The first-order valence-corrected chi connectivity index (χ1v) is 4.86. The predicted molar refractivity (Wildman–Crippen MR) is 40.0 cm³/mol. The Bertz CT molecular complexity index is 147. The maximum absolute atomic E-state index is 12.5. The summed E-state index contributed by atoms with van der Waals surface area (Å²) < 4.78 is 25.0. The van der Waals surface area contributed by atoms with Crippen LogP contribution in [0.4, 0.5) is 7.77 Å². The second-order valence-electron chi connectivity index (χ2n) is 2.40. The molecule has 0 heterocycles. The SMILES string of the molecule is CC(C#N)C(C)S(C)(F)F. The third-order valence-electron chi connectivity index (χ3n) is 1.56. The van der Waals surface area contributed by atoms with Crippen LogP contribution in [0.1, 0.15) is 13.8 Å². The summed E-state index contributed by atoms with van der Waals surface area (Å²) in [4.78, 5) is 0. The van der Waals surface area contributed by atoms with Crippen molar-refractivity contribution in [1.82, 2.24) is 0 Å². The Morgan fingerprint density at radius 1 is 1.40 bits per heavy atom. The van der Waals surface area contributed by atoms with Crippen LogP contribution >= 0.6 is 10.8 Å². The molecule has 0 spiro atoms. The van der Waals surface area contributed by atoms with Gasteiger partial charge in [0.05, 0.1) is 28.0 Å². The van der Waals surface area contributed by atoms with Crippen molar-refractivity contribution in [3.05, 3.63) is 0 Å². The molecule has 0 aliphatic carbocycles. The van der Waals surface area contributed by atoms with Gasteiger partial charge in [0.1, 0.15) is 0 Å². The number of rotatable bonds is 2. The summed E-state index contributed by atoms with van der Waals surface area (Å²) in [5.41, 5.74) is 0. The van der Waals surface area contributed by atoms with E-state index in [1.165, 1.54) is 13.8 Å². The lowest BCUT2D eigenvalue weighted by molar-refractivity contribution is 0.643. The van der Waals surface area contributed by atoms with E-state index in [0.717, 1.165) is 6.26 Å². The van der Waals surface area contributed by atoms with Crippen LogP contribution in [0.25, 0.3) is 0 Å². The van der Waals surface area contributed by atoms with Gasteiger partial charge < -0.3 is 0 Å². The molecule has 0 radical (unpaired) electrons. The molecule has 0 fully saturated rings. The van der Waals surface area contributed by atoms with Crippen molar-refractivity contribution in [3.63, 3.8) is 0 Å². The Balaban J connectivity index is 4.11. The number of nitriles is 1. The van der Waals surface area contributed by atoms with Crippen LogP contribution in [0.15, 0.2) is 0 Å². The van der Waals surface area contributed by atoms with E-state index in [1.807, 2.05) is 6.07 Å². The lowest BCUT2D eigenvalue weighted by Gasteiger charge is -2.24. The highest BCUT2D eigenvalue weighted by atomic mass is 32.3. The minimum absolute atomic E-state index is 0.546. The van der Waals surface area contributed by atoms with Crippen LogP contribution in [-0.2, 0) is 0 Å². The Morgan fingerprint density at radius 3 is 1.90 bits per heavy atom. The molecule has 0 aromatic heterocycles. The summed E-state index contributed by atoms with van der Waals surface area (Å²) >= 11 is 0. The van der Waals surface area contributed by atoms with Gasteiger partial charge in [0, 0.05) is 6.26 Å². The molecule has 0 N–H and O–H groups in total. The molecule has 1 nitrogen and oxygen atoms in total. The third-order valence-corrected chi connectivity index (χ3v) is 3.27. The summed E-state index contributed by atoms with van der Waals surface area (Å²) in [7, 11) is -3.54. The first-order valence-electron chi connectivity index (χ1n) is 2.95. The smallest absolute Gasteiger partial charge is 0.0665 e. The molecule has 60 valence electrons. The second-order valence-corrected chi connectivity index (χ2v) is 4.71. The van der Waals surface area contributed by atoms with Crippen molar-refractivity contribution in [1.29, 1.82) is 5.26 Å². The Labute approximate surface area is 61.9 Å². The summed E-state index contributed by atoms with van der Waals surface area (Å²) in [6.45, 7) is 2.94. The first-order chi connectivity index (χ1) is 4.39. The molecule has 4 heteroatoms. The third kappa shape index (κ3) is 2.53. The molecule has 2 atom stereocenters. The summed E-state index contributed by atoms with van der Waals surface area (Å²) in [5, 5.41) is 7.52. The average Bonchev–Trinajstić information content (AvgIpc) is 1.83. The quantitative estimate of drug-likeness (QED) is 0.620. The lowest BCUT2D eigenvalue weighted by atomic mass is 10.1. The highest BCUT2D eigenvalue weighted by Crippen LogP contribution is 2.54. The Kier molecular flexibility index (Phi) is 3.10. The zero-order valence-corrected chi connectivity index (χ0v) is 7.08. The van der Waals surface area contributed by atoms with Gasteiger partial charge in [-0.3, -0.25) is 0 Å². The fourth-order valence-corrected chi connectivity index (χ4v) is 1.24. The van der Waals surface area contributed by atoms with Crippen molar-refractivity contribution in [2.75, 3.05) is 6.26 Å². The standard InChI is InChI=1S/C6H11F2NS/c1-5(4-9)6(2)10(3,7)8/h5-6H,1-3H3. The molecular weight excluding hydrogens is 156 g/mol. The van der Waals surface area contributed by atoms with Crippen molar-refractivity contribution in [2.24, 2.45) is 5.92 Å². The zero-order chi connectivity index (χ0) is 8.36. The van der Waals surface area contributed by atoms with Gasteiger partial charge in [0.2, 0.25) is 0 Å². The van der Waals surface area contributed by atoms with Gasteiger partial charge in [-0.05, 0) is 13.8 Å². The van der Waals surface area contributed by atoms with E-state index >= 15 is 0 Å². The molecule has 0 saturated carbocycles. The minimum Gasteiger partial charge on any atom is -0.198 e. The highest BCUT2D eigenvalue weighted by molar-refractivity contribution is 8.25. The molecule has 0 amide bonds. The van der Waals surface area contributed by atoms with E-state index in [9.17, 15) is 7.77 Å². The van der Waals surface area contributed by atoms with Gasteiger partial charge >= 0.3 is 0 Å². The van der Waals surface area contributed by atoms with Gasteiger partial charge in [-0.2, -0.15) is 13.0 Å². The molecule has 0 saturated heterocycles. The van der Waals surface area contributed by atoms with Crippen LogP contribution in [0.5, 0.6) is 0 Å². The van der Waals surface area contributed by atoms with Crippen molar-refractivity contribution in [3.8, 4) is 6.07 Å². The van der Waals surface area contributed by atoms with E-state index in [4.69, 9.17) is 5.26 Å². The summed E-state index contributed by atoms with van der Waals surface area (Å²) in [6.07, 6.45) is 0.922. The topological polar surface area (TPSA) is 23.8 Å². The fraction of sp³-hybridized carbons (Fsp3) is 0.833. The zero-order valence-electron chi connectivity index (χ0n) is 6.27. The number of nitrogens with zero attached hydrogens (tertiary/aromatic N) is 1. The summed E-state index contributed by atoms with van der Waals surface area (Å²) in [6, 6.07) is 1.81. The molecule has 0 aromatic rings. The van der Waals surface area contributed by atoms with Gasteiger partial charge in [-0.1, -0.05) is 0 Å². The van der Waals surface area contributed by atoms with E-state index in [1.54, 1.807) is 0 Å². The Hall–Kier alpha value is -0.300. The molecular formula is C6H11F2NS. The molecule has 0 aliphatic rings. The number of hydrogen-bond donors (Lipinski definition) is 0. The van der Waals surface area contributed by atoms with Gasteiger partial charge in [-0.25, -0.2) is 0 Å². The average molecular weight is 167 g/mol. The lowest BCUT2D eigenvalue weighted by Crippen LogP contribution is -2.14. The van der Waals surface area contributed by atoms with Crippen molar-refractivity contribution >= 4 is 10.8 Å². The van der Waals surface area contributed by atoms with Gasteiger partial charge in [0.25, 0.3) is 0 Å². The fourth-order valence-electron chi connectivity index (χ4n) is 0.463. The first kappa shape index (κ1) is 9.70. The van der Waals surface area contributed by atoms with E-state index in [2.05, 4.69) is 0 Å². The predicted octanol–water partition coefficient (Wildman–Crippen LogP) is 2.74. The van der Waals surface area contributed by atoms with Gasteiger partial charge in [-0.15, -0.1) is 0 Å². The van der Waals surface area contributed by atoms with Crippen LogP contribution in [0.3, 0.4) is 0 Å².